The zero-order chi connectivity index (χ0) is 12.6. The Labute approximate surface area is 115 Å². The molecule has 1 saturated heterocycles. The highest BCUT2D eigenvalue weighted by Gasteiger charge is 2.52. The van der Waals surface area contributed by atoms with Crippen molar-refractivity contribution in [2.24, 2.45) is 11.8 Å². The topological polar surface area (TPSA) is 60.4 Å². The van der Waals surface area contributed by atoms with Crippen molar-refractivity contribution in [1.29, 1.82) is 0 Å². The van der Waals surface area contributed by atoms with Crippen LogP contribution in [-0.4, -0.2) is 30.6 Å². The summed E-state index contributed by atoms with van der Waals surface area (Å²) in [7, 11) is 0. The van der Waals surface area contributed by atoms with E-state index in [4.69, 9.17) is 4.74 Å². The minimum absolute atomic E-state index is 0.115. The van der Waals surface area contributed by atoms with Crippen LogP contribution in [0.3, 0.4) is 0 Å². The van der Waals surface area contributed by atoms with E-state index in [-0.39, 0.29) is 30.1 Å². The zero-order valence-corrected chi connectivity index (χ0v) is 11.9. The molecule has 0 unspecified atom stereocenters. The number of carbonyl (C=O) groups excluding carboxylic acids is 3. The minimum Gasteiger partial charge on any atom is -0.361 e. The Morgan fingerprint density at radius 3 is 2.12 bits per heavy atom. The molecule has 0 aromatic rings. The summed E-state index contributed by atoms with van der Waals surface area (Å²) in [4.78, 5) is 33.3. The average Bonchev–Trinajstić information content (AvgIpc) is 2.63. The Kier molecular flexibility index (Phi) is 3.95. The molecule has 2 aliphatic rings. The van der Waals surface area contributed by atoms with Crippen molar-refractivity contribution in [3.63, 3.8) is 0 Å². The van der Waals surface area contributed by atoms with Gasteiger partial charge in [0.15, 0.2) is 5.78 Å². The summed E-state index contributed by atoms with van der Waals surface area (Å²) >= 11 is 6.54. The molecule has 17 heavy (non-hydrogen) atoms. The molecule has 2 heterocycles. The van der Waals surface area contributed by atoms with E-state index in [0.29, 0.717) is 15.4 Å². The fraction of sp³-hybridized carbons (Fsp3) is 0.545. The Bertz CT molecular complexity index is 404. The first-order valence-electron chi connectivity index (χ1n) is 5.24. The molecular weight excluding hydrogens is 356 g/mol. The minimum atomic E-state index is -0.606. The highest BCUT2D eigenvalue weighted by molar-refractivity contribution is 9.14. The van der Waals surface area contributed by atoms with Crippen LogP contribution in [0.5, 0.6) is 0 Å². The highest BCUT2D eigenvalue weighted by Crippen LogP contribution is 2.47. The summed E-state index contributed by atoms with van der Waals surface area (Å²) in [6, 6.07) is 0. The molecule has 0 radical (unpaired) electrons. The maximum atomic E-state index is 12.0. The smallest absolute Gasteiger partial charge is 0.199 e. The number of hydrogen-bond donors (Lipinski definition) is 0. The number of rotatable bonds is 4. The van der Waals surface area contributed by atoms with E-state index in [1.807, 2.05) is 0 Å². The number of fused-ring (bicyclic) bond motifs is 2. The SMILES string of the molecule is O=CC[C@@H]1[C@H](CC=O)[C@@H]2O[C@H]1C(=O)C(Br)=C2Br. The van der Waals surface area contributed by atoms with Crippen LogP contribution in [0.4, 0.5) is 0 Å². The van der Waals surface area contributed by atoms with Gasteiger partial charge in [0.2, 0.25) is 0 Å². The van der Waals surface area contributed by atoms with Gasteiger partial charge in [0.1, 0.15) is 18.7 Å². The maximum Gasteiger partial charge on any atom is 0.199 e. The third kappa shape index (κ3) is 2.06. The molecule has 4 atom stereocenters. The maximum absolute atomic E-state index is 12.0. The van der Waals surface area contributed by atoms with Crippen molar-refractivity contribution in [2.75, 3.05) is 0 Å². The molecule has 0 aromatic heterocycles. The molecule has 2 rings (SSSR count). The second-order valence-electron chi connectivity index (χ2n) is 4.14. The summed E-state index contributed by atoms with van der Waals surface area (Å²) < 4.78 is 6.72. The number of halogens is 2. The van der Waals surface area contributed by atoms with Crippen molar-refractivity contribution in [2.45, 2.75) is 25.0 Å². The second-order valence-corrected chi connectivity index (χ2v) is 5.78. The number of Topliss-reactive ketones (excluding diaryl/α,β-unsaturated/α-hetero) is 1. The average molecular weight is 366 g/mol. The van der Waals surface area contributed by atoms with Gasteiger partial charge in [0.05, 0.1) is 10.6 Å². The van der Waals surface area contributed by atoms with Gasteiger partial charge in [0.25, 0.3) is 0 Å². The van der Waals surface area contributed by atoms with Crippen molar-refractivity contribution >= 4 is 50.2 Å². The summed E-state index contributed by atoms with van der Waals surface area (Å²) in [6.45, 7) is 0. The van der Waals surface area contributed by atoms with E-state index < -0.39 is 6.10 Å². The standard InChI is InChI=1S/C11H10Br2O4/c12-7-8(13)10-5(1-3-14)6(2-4-15)11(17-10)9(7)16/h3-6,10-11H,1-2H2/t5-,6+,10-,11+/m0/s1. The Hall–Kier alpha value is -0.330. The molecule has 2 bridgehead atoms. The predicted molar refractivity (Wildman–Crippen MR) is 66.9 cm³/mol. The number of carbonyl (C=O) groups is 3. The van der Waals surface area contributed by atoms with Crippen LogP contribution in [0.1, 0.15) is 12.8 Å². The molecule has 0 saturated carbocycles. The molecule has 0 aromatic carbocycles. The van der Waals surface area contributed by atoms with Gasteiger partial charge < -0.3 is 14.3 Å². The quantitative estimate of drug-likeness (QED) is 0.712. The van der Waals surface area contributed by atoms with E-state index in [9.17, 15) is 14.4 Å². The number of ether oxygens (including phenoxy) is 1. The van der Waals surface area contributed by atoms with Crippen LogP contribution in [0, 0.1) is 11.8 Å². The number of ketones is 1. The van der Waals surface area contributed by atoms with Crippen LogP contribution in [0.25, 0.3) is 0 Å². The van der Waals surface area contributed by atoms with Crippen LogP contribution in [-0.2, 0) is 19.1 Å². The van der Waals surface area contributed by atoms with Crippen molar-refractivity contribution < 1.29 is 19.1 Å². The van der Waals surface area contributed by atoms with E-state index in [2.05, 4.69) is 31.9 Å². The summed E-state index contributed by atoms with van der Waals surface area (Å²) in [5, 5.41) is 0. The van der Waals surface area contributed by atoms with Crippen molar-refractivity contribution in [3.8, 4) is 0 Å². The monoisotopic (exact) mass is 364 g/mol. The van der Waals surface area contributed by atoms with Crippen LogP contribution in [0.15, 0.2) is 8.96 Å². The molecule has 0 spiro atoms. The second kappa shape index (κ2) is 5.12. The van der Waals surface area contributed by atoms with Crippen LogP contribution >= 0.6 is 31.9 Å². The summed E-state index contributed by atoms with van der Waals surface area (Å²) in [6.07, 6.45) is 1.22. The zero-order valence-electron chi connectivity index (χ0n) is 8.77. The van der Waals surface area contributed by atoms with Crippen molar-refractivity contribution in [3.05, 3.63) is 8.96 Å². The first-order valence-corrected chi connectivity index (χ1v) is 6.82. The lowest BCUT2D eigenvalue weighted by atomic mass is 9.83. The molecular formula is C11H10Br2O4. The predicted octanol–water partition coefficient (Wildman–Crippen LogP) is 1.75. The number of hydrogen-bond acceptors (Lipinski definition) is 4. The Balaban J connectivity index is 2.36. The normalized spacial score (nSPS) is 36.2. The third-order valence-corrected chi connectivity index (χ3v) is 5.49. The van der Waals surface area contributed by atoms with E-state index in [1.54, 1.807) is 0 Å². The third-order valence-electron chi connectivity index (χ3n) is 3.29. The first-order chi connectivity index (χ1) is 8.11. The molecule has 0 aliphatic carbocycles. The lowest BCUT2D eigenvalue weighted by Gasteiger charge is -2.21. The Morgan fingerprint density at radius 2 is 1.59 bits per heavy atom. The van der Waals surface area contributed by atoms with Gasteiger partial charge in [-0.2, -0.15) is 0 Å². The van der Waals surface area contributed by atoms with E-state index >= 15 is 0 Å². The molecule has 4 nitrogen and oxygen atoms in total. The number of aldehydes is 2. The Morgan fingerprint density at radius 1 is 1.06 bits per heavy atom. The van der Waals surface area contributed by atoms with Gasteiger partial charge in [-0.25, -0.2) is 0 Å². The fourth-order valence-corrected chi connectivity index (χ4v) is 3.59. The lowest BCUT2D eigenvalue weighted by molar-refractivity contribution is -0.127. The van der Waals surface area contributed by atoms with Crippen LogP contribution < -0.4 is 0 Å². The van der Waals surface area contributed by atoms with Gasteiger partial charge >= 0.3 is 0 Å². The van der Waals surface area contributed by atoms with Gasteiger partial charge in [-0.3, -0.25) is 4.79 Å². The van der Waals surface area contributed by atoms with Crippen LogP contribution in [0.2, 0.25) is 0 Å². The van der Waals surface area contributed by atoms with Gasteiger partial charge in [0, 0.05) is 29.2 Å². The first kappa shape index (κ1) is 13.1. The molecule has 92 valence electrons. The summed E-state index contributed by atoms with van der Waals surface area (Å²) in [5.41, 5.74) is 0. The van der Waals surface area contributed by atoms with Gasteiger partial charge in [-0.1, -0.05) is 15.9 Å². The van der Waals surface area contributed by atoms with E-state index in [0.717, 1.165) is 12.6 Å². The molecule has 2 aliphatic heterocycles. The fourth-order valence-electron chi connectivity index (χ4n) is 2.50. The molecule has 0 amide bonds. The van der Waals surface area contributed by atoms with E-state index in [1.165, 1.54) is 0 Å². The molecule has 0 N–H and O–H groups in total. The highest BCUT2D eigenvalue weighted by atomic mass is 79.9. The molecule has 1 fully saturated rings. The van der Waals surface area contributed by atoms with Crippen molar-refractivity contribution in [1.82, 2.24) is 0 Å². The largest absolute Gasteiger partial charge is 0.361 e. The van der Waals surface area contributed by atoms with Gasteiger partial charge in [-0.15, -0.1) is 0 Å². The lowest BCUT2D eigenvalue weighted by Crippen LogP contribution is -2.31. The molecule has 6 heteroatoms. The van der Waals surface area contributed by atoms with Gasteiger partial charge in [-0.05, 0) is 15.9 Å². The summed E-state index contributed by atoms with van der Waals surface area (Å²) in [5.74, 6) is -0.484.